The Bertz CT molecular complexity index is 2340. The van der Waals surface area contributed by atoms with Gasteiger partial charge in [-0.2, -0.15) is 0 Å². The van der Waals surface area contributed by atoms with Crippen LogP contribution in [-0.4, -0.2) is 9.55 Å². The molecule has 0 unspecified atom stereocenters. The summed E-state index contributed by atoms with van der Waals surface area (Å²) in [5, 5.41) is 11.7. The highest BCUT2D eigenvalue weighted by Gasteiger charge is 2.19. The largest absolute Gasteiger partial charge is 0.354 e. The summed E-state index contributed by atoms with van der Waals surface area (Å²) in [6, 6.07) is 59.6. The molecule has 0 radical (unpaired) electrons. The van der Waals surface area contributed by atoms with Gasteiger partial charge in [0.1, 0.15) is 0 Å². The van der Waals surface area contributed by atoms with Gasteiger partial charge in [-0.15, -0.1) is 0 Å². The third-order valence-corrected chi connectivity index (χ3v) is 8.11. The lowest BCUT2D eigenvalue weighted by Gasteiger charge is -2.22. The number of hydrogen-bond acceptors (Lipinski definition) is 5. The fraction of sp³-hybridized carbons (Fsp3) is 0. The maximum atomic E-state index is 5.29. The molecule has 3 N–H and O–H groups in total. The zero-order chi connectivity index (χ0) is 32.1. The zero-order valence-corrected chi connectivity index (χ0v) is 26.1. The topological polar surface area (TPSA) is 66.3 Å². The highest BCUT2D eigenvalue weighted by molar-refractivity contribution is 5.94. The second-order valence-electron chi connectivity index (χ2n) is 11.4. The lowest BCUT2D eigenvalue weighted by Crippen LogP contribution is -2.15. The quantitative estimate of drug-likeness (QED) is 0.148. The first-order chi connectivity index (χ1) is 23.8. The van der Waals surface area contributed by atoms with Gasteiger partial charge in [0.15, 0.2) is 0 Å². The van der Waals surface area contributed by atoms with Gasteiger partial charge in [-0.25, -0.2) is 9.98 Å². The molecule has 0 aromatic heterocycles. The van der Waals surface area contributed by atoms with Gasteiger partial charge < -0.3 is 20.5 Å². The first-order valence-electron chi connectivity index (χ1n) is 15.9. The van der Waals surface area contributed by atoms with Crippen molar-refractivity contribution in [1.29, 1.82) is 0 Å². The van der Waals surface area contributed by atoms with Gasteiger partial charge >= 0.3 is 0 Å². The van der Waals surface area contributed by atoms with Crippen molar-refractivity contribution < 1.29 is 0 Å². The molecule has 8 rings (SSSR count). The third kappa shape index (κ3) is 6.10. The molecule has 0 saturated heterocycles. The van der Waals surface area contributed by atoms with E-state index in [0.29, 0.717) is 0 Å². The van der Waals surface area contributed by atoms with Crippen LogP contribution >= 0.6 is 0 Å². The Labute approximate surface area is 279 Å². The normalized spacial score (nSPS) is 11.5. The summed E-state index contributed by atoms with van der Waals surface area (Å²) >= 11 is 0. The Hall–Kier alpha value is -6.66. The third-order valence-electron chi connectivity index (χ3n) is 8.11. The molecule has 230 valence electrons. The smallest absolute Gasteiger partial charge is 0.0900 e. The molecule has 1 aliphatic heterocycles. The Kier molecular flexibility index (Phi) is 7.79. The molecule has 6 heteroatoms. The van der Waals surface area contributed by atoms with Crippen LogP contribution in [0.4, 0.5) is 39.8 Å². The monoisotopic (exact) mass is 620 g/mol. The van der Waals surface area contributed by atoms with E-state index in [4.69, 9.17) is 9.98 Å². The minimum Gasteiger partial charge on any atom is -0.354 e. The molecule has 6 nitrogen and oxygen atoms in total. The van der Waals surface area contributed by atoms with Crippen LogP contribution in [0, 0.1) is 0 Å². The fourth-order valence-corrected chi connectivity index (χ4v) is 5.87. The Morgan fingerprint density at radius 1 is 0.458 bits per heavy atom. The second-order valence-corrected chi connectivity index (χ2v) is 11.4. The molecule has 48 heavy (non-hydrogen) atoms. The van der Waals surface area contributed by atoms with Gasteiger partial charge in [0, 0.05) is 22.7 Å². The maximum Gasteiger partial charge on any atom is 0.0900 e. The van der Waals surface area contributed by atoms with Gasteiger partial charge in [-0.05, 0) is 84.9 Å². The van der Waals surface area contributed by atoms with Gasteiger partial charge in [-0.3, -0.25) is 0 Å². The Morgan fingerprint density at radius 3 is 1.50 bits per heavy atom. The average molecular weight is 621 g/mol. The van der Waals surface area contributed by atoms with Crippen LogP contribution < -0.4 is 21.3 Å². The molecule has 6 aromatic rings. The van der Waals surface area contributed by atoms with E-state index in [-0.39, 0.29) is 0 Å². The molecule has 0 fully saturated rings. The summed E-state index contributed by atoms with van der Waals surface area (Å²) in [7, 11) is 0. The van der Waals surface area contributed by atoms with Crippen molar-refractivity contribution in [2.75, 3.05) is 16.0 Å². The number of benzene rings is 7. The van der Waals surface area contributed by atoms with Gasteiger partial charge in [0.2, 0.25) is 0 Å². The van der Waals surface area contributed by atoms with Crippen molar-refractivity contribution in [3.8, 4) is 17.1 Å². The summed E-state index contributed by atoms with van der Waals surface area (Å²) in [5.41, 5.74) is 11.2. The van der Waals surface area contributed by atoms with Crippen LogP contribution in [0.15, 0.2) is 181 Å². The highest BCUT2D eigenvalue weighted by atomic mass is 15.0. The van der Waals surface area contributed by atoms with E-state index < -0.39 is 0 Å². The van der Waals surface area contributed by atoms with E-state index in [1.165, 1.54) is 0 Å². The van der Waals surface area contributed by atoms with E-state index in [2.05, 4.69) is 105 Å². The fourth-order valence-electron chi connectivity index (χ4n) is 5.87. The first kappa shape index (κ1) is 28.8. The summed E-state index contributed by atoms with van der Waals surface area (Å²) in [6.07, 6.45) is 0. The van der Waals surface area contributed by atoms with Crippen LogP contribution in [0.1, 0.15) is 0 Å². The molecule has 0 amide bonds. The summed E-state index contributed by atoms with van der Waals surface area (Å²) in [6.45, 7) is 0. The van der Waals surface area contributed by atoms with Crippen molar-refractivity contribution >= 4 is 50.8 Å². The van der Waals surface area contributed by atoms with E-state index in [1.54, 1.807) is 0 Å². The molecule has 0 spiro atoms. The standard InChI is InChI=1S/C42H32N6/c1-6-16-30(17-7-1)43-35-26-39-41(28-37(35)45-32-20-10-3-11-21-32)48(34-24-14-5-15-25-34)42-29-38(46-33-22-12-4-13-23-33)36(27-40(42)47-39)44-31-18-8-2-9-19-31/h1-29,43-45H. The summed E-state index contributed by atoms with van der Waals surface area (Å²) in [4.78, 5) is 10.4. The molecule has 6 aromatic carbocycles. The molecule has 1 aliphatic carbocycles. The number of nitrogens with zero attached hydrogens (tertiary/aromatic N) is 3. The van der Waals surface area contributed by atoms with Gasteiger partial charge in [-0.1, -0.05) is 91.0 Å². The van der Waals surface area contributed by atoms with E-state index in [0.717, 1.165) is 73.3 Å². The lowest BCUT2D eigenvalue weighted by molar-refractivity contribution is 1.07. The minimum absolute atomic E-state index is 0.813. The van der Waals surface area contributed by atoms with Crippen molar-refractivity contribution in [2.24, 2.45) is 4.99 Å². The SMILES string of the molecule is c1ccc(N=c2cc3n(-c4ccccc4)c4cc(Nc5ccccc5)c(Nc5ccccc5)cc4nc-3cc2Nc2ccccc2)cc1. The predicted molar refractivity (Wildman–Crippen MR) is 199 cm³/mol. The van der Waals surface area contributed by atoms with Crippen molar-refractivity contribution in [1.82, 2.24) is 9.55 Å². The van der Waals surface area contributed by atoms with Crippen LogP contribution in [0.3, 0.4) is 0 Å². The molecule has 2 aliphatic rings. The maximum absolute atomic E-state index is 5.29. The Morgan fingerprint density at radius 2 is 0.938 bits per heavy atom. The van der Waals surface area contributed by atoms with E-state index in [1.807, 2.05) is 91.0 Å². The van der Waals surface area contributed by atoms with Crippen LogP contribution in [0.25, 0.3) is 28.1 Å². The van der Waals surface area contributed by atoms with E-state index >= 15 is 0 Å². The van der Waals surface area contributed by atoms with Crippen molar-refractivity contribution in [2.45, 2.75) is 0 Å². The minimum atomic E-state index is 0.813. The van der Waals surface area contributed by atoms with Crippen molar-refractivity contribution in [3.05, 3.63) is 181 Å². The molecular weight excluding hydrogens is 589 g/mol. The molecule has 0 atom stereocenters. The molecule has 0 bridgehead atoms. The van der Waals surface area contributed by atoms with Crippen LogP contribution in [-0.2, 0) is 0 Å². The van der Waals surface area contributed by atoms with Crippen LogP contribution in [0.2, 0.25) is 0 Å². The van der Waals surface area contributed by atoms with Crippen LogP contribution in [0.5, 0.6) is 0 Å². The highest BCUT2D eigenvalue weighted by Crippen LogP contribution is 2.37. The summed E-state index contributed by atoms with van der Waals surface area (Å²) < 4.78 is 2.27. The lowest BCUT2D eigenvalue weighted by atomic mass is 10.1. The molecular formula is C42H32N6. The van der Waals surface area contributed by atoms with E-state index in [9.17, 15) is 0 Å². The molecule has 1 heterocycles. The molecule has 0 saturated carbocycles. The second kappa shape index (κ2) is 13.0. The zero-order valence-electron chi connectivity index (χ0n) is 26.1. The first-order valence-corrected chi connectivity index (χ1v) is 15.9. The number of nitrogens with one attached hydrogen (secondary N) is 3. The number of fused-ring (bicyclic) bond motifs is 2. The van der Waals surface area contributed by atoms with Gasteiger partial charge in [0.05, 0.1) is 50.5 Å². The predicted octanol–water partition coefficient (Wildman–Crippen LogP) is 10.6. The number of rotatable bonds is 8. The summed E-state index contributed by atoms with van der Waals surface area (Å²) in [5.74, 6) is 0. The Balaban J connectivity index is 1.41. The number of anilines is 6. The van der Waals surface area contributed by atoms with Crippen molar-refractivity contribution in [3.63, 3.8) is 0 Å². The average Bonchev–Trinajstić information content (AvgIpc) is 3.13. The number of hydrogen-bond donors (Lipinski definition) is 3. The van der Waals surface area contributed by atoms with Gasteiger partial charge in [0.25, 0.3) is 0 Å². The number of aromatic nitrogens is 2. The number of para-hydroxylation sites is 5.